The van der Waals surface area contributed by atoms with Crippen LogP contribution in [0.3, 0.4) is 0 Å². The molecule has 0 fully saturated rings. The zero-order valence-electron chi connectivity index (χ0n) is 24.6. The van der Waals surface area contributed by atoms with E-state index in [1.807, 2.05) is 0 Å². The molecular weight excluding hydrogens is 927 g/mol. The van der Waals surface area contributed by atoms with Crippen molar-refractivity contribution < 1.29 is 0 Å². The molecule has 6 rings (SSSR count). The Morgan fingerprint density at radius 1 is 0.283 bits per heavy atom. The number of benzene rings is 6. The normalized spacial score (nSPS) is 12.2. The van der Waals surface area contributed by atoms with Crippen LogP contribution in [-0.2, 0) is 35.4 Å². The van der Waals surface area contributed by atoms with Gasteiger partial charge in [0.2, 0.25) is 0 Å². The van der Waals surface area contributed by atoms with E-state index < -0.39 is 33.1 Å². The van der Waals surface area contributed by atoms with E-state index in [1.165, 1.54) is 31.8 Å². The second kappa shape index (κ2) is 16.3. The molecule has 6 aromatic rings. The average molecular weight is 957 g/mol. The molecule has 6 aromatic carbocycles. The molecule has 0 spiro atoms. The fourth-order valence-corrected chi connectivity index (χ4v) is 172. The third-order valence-electron chi connectivity index (χ3n) is 7.12. The van der Waals surface area contributed by atoms with Crippen LogP contribution in [0.15, 0.2) is 182 Å². The Morgan fingerprint density at radius 3 is 0.587 bits per heavy atom. The number of hydrogen-bond donors (Lipinski definition) is 0. The van der Waals surface area contributed by atoms with Gasteiger partial charge in [0, 0.05) is 0 Å². The first-order valence-corrected chi connectivity index (χ1v) is 39.8. The van der Waals surface area contributed by atoms with Gasteiger partial charge in [-0.3, -0.25) is 0 Å². The standard InChI is InChI=1S/3C12H11PS2.Bi/c3*14-13(15,11-7-3-1-4-8-11)12-9-5-2-6-10-12;/h3*1-10H,(H,14,15);/q;;;+3/p-3. The molecule has 0 saturated heterocycles. The molecule has 0 unspecified atom stereocenters. The van der Waals surface area contributed by atoms with Crippen molar-refractivity contribution in [1.82, 2.24) is 0 Å². The van der Waals surface area contributed by atoms with E-state index in [1.54, 1.807) is 0 Å². The molecule has 0 saturated carbocycles. The first-order chi connectivity index (χ1) is 22.4. The molecular formula is C36H30BiP3S6. The van der Waals surface area contributed by atoms with Crippen molar-refractivity contribution >= 4 is 125 Å². The first kappa shape index (κ1) is 35.0. The van der Waals surface area contributed by atoms with Crippen molar-refractivity contribution in [2.75, 3.05) is 0 Å². The van der Waals surface area contributed by atoms with Crippen LogP contribution in [0.25, 0.3) is 0 Å². The van der Waals surface area contributed by atoms with Crippen LogP contribution in [0.5, 0.6) is 0 Å². The fourth-order valence-electron chi connectivity index (χ4n) is 4.80. The molecule has 0 aliphatic rings. The van der Waals surface area contributed by atoms with Crippen molar-refractivity contribution in [2.24, 2.45) is 0 Å². The molecule has 0 bridgehead atoms. The van der Waals surface area contributed by atoms with Crippen LogP contribution in [0.2, 0.25) is 0 Å². The van der Waals surface area contributed by atoms with Gasteiger partial charge in [0.25, 0.3) is 0 Å². The molecule has 0 aromatic heterocycles. The van der Waals surface area contributed by atoms with E-state index in [9.17, 15) is 0 Å². The molecule has 0 nitrogen and oxygen atoms in total. The van der Waals surface area contributed by atoms with Crippen molar-refractivity contribution in [1.29, 1.82) is 0 Å². The van der Waals surface area contributed by atoms with Gasteiger partial charge < -0.3 is 0 Å². The minimum absolute atomic E-state index is 1.24. The monoisotopic (exact) mass is 956 g/mol. The SMILES string of the molecule is S=P([S][Bi]([S]P(=S)(c1ccccc1)c1ccccc1)[S]P(=S)(c1ccccc1)c1ccccc1)(c1ccccc1)c1ccccc1. The van der Waals surface area contributed by atoms with Crippen LogP contribution in [0.4, 0.5) is 0 Å². The Morgan fingerprint density at radius 2 is 0.435 bits per heavy atom. The van der Waals surface area contributed by atoms with Crippen LogP contribution in [0, 0.1) is 0 Å². The molecule has 0 aliphatic carbocycles. The quantitative estimate of drug-likeness (QED) is 0.0881. The zero-order chi connectivity index (χ0) is 31.9. The molecule has 230 valence electrons. The van der Waals surface area contributed by atoms with E-state index in [-0.39, 0.29) is 0 Å². The molecule has 0 amide bonds. The van der Waals surface area contributed by atoms with Gasteiger partial charge in [0.05, 0.1) is 0 Å². The second-order valence-corrected chi connectivity index (χ2v) is 65.0. The summed E-state index contributed by atoms with van der Waals surface area (Å²) in [4.78, 5) is 0. The third-order valence-corrected chi connectivity index (χ3v) is 110. The average Bonchev–Trinajstić information content (AvgIpc) is 3.13. The summed E-state index contributed by atoms with van der Waals surface area (Å²) in [6.07, 6.45) is 0. The van der Waals surface area contributed by atoms with Gasteiger partial charge >= 0.3 is 307 Å². The minimum atomic E-state index is -2.97. The number of hydrogen-bond acceptors (Lipinski definition) is 6. The third kappa shape index (κ3) is 7.98. The van der Waals surface area contributed by atoms with Gasteiger partial charge in [0.1, 0.15) is 0 Å². The maximum atomic E-state index is 6.91. The van der Waals surface area contributed by atoms with Gasteiger partial charge in [-0.05, 0) is 0 Å². The van der Waals surface area contributed by atoms with Crippen molar-refractivity contribution in [3.05, 3.63) is 182 Å². The molecule has 0 radical (unpaired) electrons. The van der Waals surface area contributed by atoms with Crippen molar-refractivity contribution in [3.8, 4) is 0 Å². The molecule has 0 heterocycles. The maximum absolute atomic E-state index is 6.91. The predicted octanol–water partition coefficient (Wildman–Crippen LogP) is 9.31. The van der Waals surface area contributed by atoms with E-state index in [0.717, 1.165) is 0 Å². The first-order valence-electron chi connectivity index (χ1n) is 14.4. The summed E-state index contributed by atoms with van der Waals surface area (Å²) >= 11 is 17.8. The summed E-state index contributed by atoms with van der Waals surface area (Å²) in [5, 5.41) is 0.602. The van der Waals surface area contributed by atoms with Crippen LogP contribution in [-0.4, -0.2) is 17.4 Å². The van der Waals surface area contributed by atoms with Gasteiger partial charge in [-0.2, -0.15) is 0 Å². The van der Waals surface area contributed by atoms with Crippen molar-refractivity contribution in [3.63, 3.8) is 0 Å². The summed E-state index contributed by atoms with van der Waals surface area (Å²) in [5.74, 6) is 0. The van der Waals surface area contributed by atoms with Gasteiger partial charge in [0.15, 0.2) is 0 Å². The summed E-state index contributed by atoms with van der Waals surface area (Å²) in [7, 11) is 6.33. The van der Waals surface area contributed by atoms with Gasteiger partial charge in [-0.15, -0.1) is 0 Å². The van der Waals surface area contributed by atoms with E-state index in [2.05, 4.69) is 206 Å². The van der Waals surface area contributed by atoms with E-state index in [0.29, 0.717) is 0 Å². The fraction of sp³-hybridized carbons (Fsp3) is 0. The molecule has 10 heteroatoms. The second-order valence-electron chi connectivity index (χ2n) is 10.1. The molecule has 0 N–H and O–H groups in total. The van der Waals surface area contributed by atoms with Crippen LogP contribution >= 0.6 is 40.1 Å². The number of rotatable bonds is 12. The van der Waals surface area contributed by atoms with E-state index in [4.69, 9.17) is 35.4 Å². The summed E-state index contributed by atoms with van der Waals surface area (Å²) < 4.78 is 0. The summed E-state index contributed by atoms with van der Waals surface area (Å²) in [5.41, 5.74) is 0. The molecule has 0 atom stereocenters. The molecule has 0 aliphatic heterocycles. The predicted molar refractivity (Wildman–Crippen MR) is 228 cm³/mol. The van der Waals surface area contributed by atoms with E-state index >= 15 is 0 Å². The zero-order valence-corrected chi connectivity index (χ0v) is 35.6. The topological polar surface area (TPSA) is 0 Å². The Kier molecular flexibility index (Phi) is 12.4. The van der Waals surface area contributed by atoms with Crippen LogP contribution < -0.4 is 31.8 Å². The van der Waals surface area contributed by atoms with Crippen LogP contribution in [0.1, 0.15) is 0 Å². The Labute approximate surface area is 303 Å². The Bertz CT molecular complexity index is 1630. The Balaban J connectivity index is 1.55. The summed E-state index contributed by atoms with van der Waals surface area (Å²) in [6.45, 7) is 0. The van der Waals surface area contributed by atoms with Crippen molar-refractivity contribution in [2.45, 2.75) is 0 Å². The van der Waals surface area contributed by atoms with Gasteiger partial charge in [-0.1, -0.05) is 0 Å². The molecule has 46 heavy (non-hydrogen) atoms. The Hall–Kier alpha value is -0.797. The summed E-state index contributed by atoms with van der Waals surface area (Å²) in [6, 6.07) is 64.7. The van der Waals surface area contributed by atoms with Gasteiger partial charge in [-0.25, -0.2) is 0 Å².